The number of nitrogens with zero attached hydrogens (tertiary/aromatic N) is 4. The summed E-state index contributed by atoms with van der Waals surface area (Å²) >= 11 is 0. The minimum atomic E-state index is 0.0631. The van der Waals surface area contributed by atoms with Gasteiger partial charge in [-0.3, -0.25) is 9.36 Å². The molecule has 0 N–H and O–H groups in total. The minimum absolute atomic E-state index is 0.0631. The predicted molar refractivity (Wildman–Crippen MR) is 107 cm³/mol. The Labute approximate surface area is 164 Å². The highest BCUT2D eigenvalue weighted by Crippen LogP contribution is 2.23. The predicted octanol–water partition coefficient (Wildman–Crippen LogP) is 3.37. The first-order chi connectivity index (χ1) is 13.7. The molecule has 1 amide bonds. The van der Waals surface area contributed by atoms with Crippen molar-refractivity contribution in [2.45, 2.75) is 19.3 Å². The lowest BCUT2D eigenvalue weighted by atomic mass is 9.94. The van der Waals surface area contributed by atoms with Gasteiger partial charge in [0, 0.05) is 30.8 Å². The summed E-state index contributed by atoms with van der Waals surface area (Å²) in [6.07, 6.45) is 4.65. The van der Waals surface area contributed by atoms with Crippen LogP contribution in [0.3, 0.4) is 0 Å². The monoisotopic (exact) mass is 376 g/mol. The van der Waals surface area contributed by atoms with Crippen LogP contribution in [-0.2, 0) is 6.42 Å². The SMILES string of the molecule is COc1cccc(C(=O)N2CCCC(Cc3nncn3-c3ccccc3)C2)c1. The van der Waals surface area contributed by atoms with Gasteiger partial charge in [0.2, 0.25) is 0 Å². The summed E-state index contributed by atoms with van der Waals surface area (Å²) in [6, 6.07) is 17.5. The third kappa shape index (κ3) is 3.91. The smallest absolute Gasteiger partial charge is 0.253 e. The van der Waals surface area contributed by atoms with E-state index in [1.54, 1.807) is 19.5 Å². The number of ether oxygens (including phenoxy) is 1. The molecule has 0 bridgehead atoms. The van der Waals surface area contributed by atoms with E-state index in [4.69, 9.17) is 4.74 Å². The zero-order chi connectivity index (χ0) is 19.3. The number of aromatic nitrogens is 3. The third-order valence-corrected chi connectivity index (χ3v) is 5.25. The van der Waals surface area contributed by atoms with Gasteiger partial charge in [-0.2, -0.15) is 0 Å². The van der Waals surface area contributed by atoms with Crippen molar-refractivity contribution in [3.63, 3.8) is 0 Å². The van der Waals surface area contributed by atoms with Crippen molar-refractivity contribution in [3.8, 4) is 11.4 Å². The number of para-hydroxylation sites is 1. The van der Waals surface area contributed by atoms with E-state index in [9.17, 15) is 4.79 Å². The van der Waals surface area contributed by atoms with Crippen molar-refractivity contribution in [2.75, 3.05) is 20.2 Å². The number of amides is 1. The summed E-state index contributed by atoms with van der Waals surface area (Å²) in [7, 11) is 1.61. The van der Waals surface area contributed by atoms with Crippen LogP contribution in [0.25, 0.3) is 5.69 Å². The summed E-state index contributed by atoms with van der Waals surface area (Å²) in [5.41, 5.74) is 1.73. The molecular weight excluding hydrogens is 352 g/mol. The lowest BCUT2D eigenvalue weighted by molar-refractivity contribution is 0.0671. The van der Waals surface area contributed by atoms with E-state index in [0.717, 1.165) is 43.9 Å². The van der Waals surface area contributed by atoms with Gasteiger partial charge in [0.15, 0.2) is 0 Å². The molecule has 6 heteroatoms. The summed E-state index contributed by atoms with van der Waals surface area (Å²) in [6.45, 7) is 1.52. The Morgan fingerprint density at radius 2 is 2.04 bits per heavy atom. The fraction of sp³-hybridized carbons (Fsp3) is 0.318. The molecule has 1 unspecified atom stereocenters. The normalized spacial score (nSPS) is 16.8. The largest absolute Gasteiger partial charge is 0.497 e. The third-order valence-electron chi connectivity index (χ3n) is 5.25. The Kier molecular flexibility index (Phi) is 5.37. The van der Waals surface area contributed by atoms with Crippen molar-refractivity contribution < 1.29 is 9.53 Å². The van der Waals surface area contributed by atoms with Crippen molar-refractivity contribution in [2.24, 2.45) is 5.92 Å². The van der Waals surface area contributed by atoms with E-state index in [2.05, 4.69) is 10.2 Å². The van der Waals surface area contributed by atoms with E-state index in [0.29, 0.717) is 17.2 Å². The molecule has 1 fully saturated rings. The number of rotatable bonds is 5. The average molecular weight is 376 g/mol. The molecular formula is C22H24N4O2. The fourth-order valence-electron chi connectivity index (χ4n) is 3.82. The van der Waals surface area contributed by atoms with Gasteiger partial charge in [-0.25, -0.2) is 0 Å². The molecule has 28 heavy (non-hydrogen) atoms. The molecule has 0 spiro atoms. The van der Waals surface area contributed by atoms with E-state index in [1.165, 1.54) is 0 Å². The van der Waals surface area contributed by atoms with Crippen LogP contribution in [-0.4, -0.2) is 45.8 Å². The zero-order valence-electron chi connectivity index (χ0n) is 16.0. The topological polar surface area (TPSA) is 60.2 Å². The number of likely N-dealkylation sites (tertiary alicyclic amines) is 1. The Morgan fingerprint density at radius 3 is 2.86 bits per heavy atom. The van der Waals surface area contributed by atoms with Crippen LogP contribution in [0.1, 0.15) is 29.0 Å². The summed E-state index contributed by atoms with van der Waals surface area (Å²) in [4.78, 5) is 14.9. The molecule has 0 radical (unpaired) electrons. The molecule has 0 aliphatic carbocycles. The maximum atomic E-state index is 12.9. The Bertz CT molecular complexity index is 938. The van der Waals surface area contributed by atoms with E-state index in [1.807, 2.05) is 58.0 Å². The van der Waals surface area contributed by atoms with Crippen molar-refractivity contribution in [1.29, 1.82) is 0 Å². The van der Waals surface area contributed by atoms with Gasteiger partial charge < -0.3 is 9.64 Å². The highest BCUT2D eigenvalue weighted by Gasteiger charge is 2.26. The molecule has 0 saturated carbocycles. The van der Waals surface area contributed by atoms with Gasteiger partial charge in [0.05, 0.1) is 7.11 Å². The van der Waals surface area contributed by atoms with Crippen molar-refractivity contribution >= 4 is 5.91 Å². The van der Waals surface area contributed by atoms with Crippen LogP contribution < -0.4 is 4.74 Å². The van der Waals surface area contributed by atoms with Crippen LogP contribution in [0, 0.1) is 5.92 Å². The molecule has 4 rings (SSSR count). The van der Waals surface area contributed by atoms with Gasteiger partial charge in [-0.15, -0.1) is 10.2 Å². The first-order valence-electron chi connectivity index (χ1n) is 9.62. The molecule has 1 aliphatic heterocycles. The second kappa shape index (κ2) is 8.25. The van der Waals surface area contributed by atoms with Crippen LogP contribution in [0.15, 0.2) is 60.9 Å². The van der Waals surface area contributed by atoms with Crippen LogP contribution in [0.4, 0.5) is 0 Å². The summed E-state index contributed by atoms with van der Waals surface area (Å²) in [5, 5.41) is 8.43. The second-order valence-corrected chi connectivity index (χ2v) is 7.15. The number of piperidine rings is 1. The van der Waals surface area contributed by atoms with Crippen molar-refractivity contribution in [3.05, 3.63) is 72.3 Å². The number of benzene rings is 2. The molecule has 2 heterocycles. The molecule has 3 aromatic rings. The van der Waals surface area contributed by atoms with Crippen molar-refractivity contribution in [1.82, 2.24) is 19.7 Å². The number of hydrogen-bond acceptors (Lipinski definition) is 4. The lowest BCUT2D eigenvalue weighted by Gasteiger charge is -2.32. The van der Waals surface area contributed by atoms with Gasteiger partial charge in [-0.1, -0.05) is 24.3 Å². The number of hydrogen-bond donors (Lipinski definition) is 0. The number of carbonyl (C=O) groups is 1. The highest BCUT2D eigenvalue weighted by molar-refractivity contribution is 5.94. The van der Waals surface area contributed by atoms with Gasteiger partial charge >= 0.3 is 0 Å². The molecule has 2 aromatic carbocycles. The standard InChI is InChI=1S/C22H24N4O2/c1-28-20-11-5-8-18(14-20)22(27)25-12-6-7-17(15-25)13-21-24-23-16-26(21)19-9-3-2-4-10-19/h2-5,8-11,14,16-17H,6-7,12-13,15H2,1H3. The minimum Gasteiger partial charge on any atom is -0.497 e. The molecule has 1 aromatic heterocycles. The van der Waals surface area contributed by atoms with Gasteiger partial charge in [-0.05, 0) is 49.1 Å². The Morgan fingerprint density at radius 1 is 1.18 bits per heavy atom. The zero-order valence-corrected chi connectivity index (χ0v) is 16.0. The van der Waals surface area contributed by atoms with E-state index < -0.39 is 0 Å². The first-order valence-corrected chi connectivity index (χ1v) is 9.62. The summed E-state index contributed by atoms with van der Waals surface area (Å²) in [5.74, 6) is 2.07. The number of methoxy groups -OCH3 is 1. The lowest BCUT2D eigenvalue weighted by Crippen LogP contribution is -2.40. The Hall–Kier alpha value is -3.15. The molecule has 1 saturated heterocycles. The number of carbonyl (C=O) groups excluding carboxylic acids is 1. The fourth-order valence-corrected chi connectivity index (χ4v) is 3.82. The van der Waals surface area contributed by atoms with Crippen LogP contribution in [0.2, 0.25) is 0 Å². The van der Waals surface area contributed by atoms with Crippen LogP contribution in [0.5, 0.6) is 5.75 Å². The molecule has 6 nitrogen and oxygen atoms in total. The summed E-state index contributed by atoms with van der Waals surface area (Å²) < 4.78 is 7.28. The average Bonchev–Trinajstić information content (AvgIpc) is 3.22. The molecule has 1 aliphatic rings. The maximum absolute atomic E-state index is 12.9. The quantitative estimate of drug-likeness (QED) is 0.685. The van der Waals surface area contributed by atoms with Crippen LogP contribution >= 0.6 is 0 Å². The highest BCUT2D eigenvalue weighted by atomic mass is 16.5. The van der Waals surface area contributed by atoms with Gasteiger partial charge in [0.1, 0.15) is 17.9 Å². The maximum Gasteiger partial charge on any atom is 0.253 e. The van der Waals surface area contributed by atoms with E-state index in [-0.39, 0.29) is 5.91 Å². The first kappa shape index (κ1) is 18.2. The Balaban J connectivity index is 1.46. The van der Waals surface area contributed by atoms with Gasteiger partial charge in [0.25, 0.3) is 5.91 Å². The second-order valence-electron chi connectivity index (χ2n) is 7.15. The molecule has 1 atom stereocenters. The molecule has 144 valence electrons. The van der Waals surface area contributed by atoms with E-state index >= 15 is 0 Å².